The molecule has 2 N–H and O–H groups in total. The SMILES string of the molecule is CCOC(=O)/C=C1\CSC(=N)N1CC(O)c1ccc([N+](=O)[O-])cc1. The Kier molecular flexibility index (Phi) is 5.93. The van der Waals surface area contributed by atoms with E-state index in [1.807, 2.05) is 0 Å². The highest BCUT2D eigenvalue weighted by molar-refractivity contribution is 8.14. The number of ether oxygens (including phenoxy) is 1. The molecular weight excluding hydrogens is 334 g/mol. The summed E-state index contributed by atoms with van der Waals surface area (Å²) < 4.78 is 4.86. The molecule has 0 spiro atoms. The zero-order valence-electron chi connectivity index (χ0n) is 13.0. The third-order valence-electron chi connectivity index (χ3n) is 3.36. The normalized spacial score (nSPS) is 17.2. The minimum absolute atomic E-state index is 0.0571. The summed E-state index contributed by atoms with van der Waals surface area (Å²) in [6.07, 6.45) is 0.371. The van der Waals surface area contributed by atoms with Crippen LogP contribution in [0.5, 0.6) is 0 Å². The second-order valence-corrected chi connectivity index (χ2v) is 5.92. The number of amidine groups is 1. The first kappa shape index (κ1) is 18.0. The number of thioether (sulfide) groups is 1. The molecule has 1 atom stereocenters. The van der Waals surface area contributed by atoms with Crippen molar-refractivity contribution in [2.75, 3.05) is 18.9 Å². The van der Waals surface area contributed by atoms with E-state index in [1.165, 1.54) is 47.0 Å². The molecule has 0 bridgehead atoms. The number of carbonyl (C=O) groups is 1. The molecular formula is C15H17N3O5S. The molecule has 0 saturated carbocycles. The van der Waals surface area contributed by atoms with Crippen LogP contribution in [0.4, 0.5) is 5.69 Å². The lowest BCUT2D eigenvalue weighted by Gasteiger charge is -2.22. The van der Waals surface area contributed by atoms with E-state index in [0.29, 0.717) is 17.0 Å². The first-order valence-electron chi connectivity index (χ1n) is 7.21. The lowest BCUT2D eigenvalue weighted by molar-refractivity contribution is -0.384. The zero-order valence-corrected chi connectivity index (χ0v) is 13.8. The van der Waals surface area contributed by atoms with Gasteiger partial charge in [-0.25, -0.2) is 4.79 Å². The molecule has 9 heteroatoms. The molecule has 1 aliphatic rings. The fourth-order valence-electron chi connectivity index (χ4n) is 2.16. The number of benzene rings is 1. The molecule has 1 aromatic rings. The lowest BCUT2D eigenvalue weighted by atomic mass is 10.1. The second-order valence-electron chi connectivity index (χ2n) is 4.96. The van der Waals surface area contributed by atoms with Crippen LogP contribution in [-0.2, 0) is 9.53 Å². The Morgan fingerprint density at radius 3 is 2.79 bits per heavy atom. The third kappa shape index (κ3) is 4.33. The molecule has 8 nitrogen and oxygen atoms in total. The Labute approximate surface area is 142 Å². The van der Waals surface area contributed by atoms with Crippen LogP contribution in [-0.4, -0.2) is 45.0 Å². The van der Waals surface area contributed by atoms with Crippen molar-refractivity contribution >= 4 is 28.6 Å². The van der Waals surface area contributed by atoms with E-state index >= 15 is 0 Å². The van der Waals surface area contributed by atoms with Crippen LogP contribution in [0, 0.1) is 15.5 Å². The van der Waals surface area contributed by atoms with E-state index in [-0.39, 0.29) is 24.0 Å². The van der Waals surface area contributed by atoms with Crippen molar-refractivity contribution < 1.29 is 19.6 Å². The van der Waals surface area contributed by atoms with Gasteiger partial charge in [-0.15, -0.1) is 0 Å². The maximum absolute atomic E-state index is 11.6. The van der Waals surface area contributed by atoms with E-state index in [1.54, 1.807) is 6.92 Å². The van der Waals surface area contributed by atoms with Crippen molar-refractivity contribution in [1.29, 1.82) is 5.41 Å². The number of hydrogen-bond acceptors (Lipinski definition) is 7. The van der Waals surface area contributed by atoms with Crippen LogP contribution in [0.2, 0.25) is 0 Å². The van der Waals surface area contributed by atoms with Gasteiger partial charge in [0.25, 0.3) is 5.69 Å². The highest BCUT2D eigenvalue weighted by Crippen LogP contribution is 2.29. The average Bonchev–Trinajstić information content (AvgIpc) is 2.88. The number of carbonyl (C=O) groups excluding carboxylic acids is 1. The summed E-state index contributed by atoms with van der Waals surface area (Å²) in [5.74, 6) is -0.0393. The van der Waals surface area contributed by atoms with Gasteiger partial charge in [0.1, 0.15) is 0 Å². The number of esters is 1. The van der Waals surface area contributed by atoms with Crippen LogP contribution in [0.1, 0.15) is 18.6 Å². The molecule has 128 valence electrons. The molecule has 1 aliphatic heterocycles. The molecule has 0 amide bonds. The van der Waals surface area contributed by atoms with Crippen LogP contribution < -0.4 is 0 Å². The van der Waals surface area contributed by atoms with Gasteiger partial charge in [-0.2, -0.15) is 0 Å². The highest BCUT2D eigenvalue weighted by atomic mass is 32.2. The second kappa shape index (κ2) is 7.93. The molecule has 1 unspecified atom stereocenters. The molecule has 0 aromatic heterocycles. The summed E-state index contributed by atoms with van der Waals surface area (Å²) in [4.78, 5) is 23.3. The number of rotatable bonds is 6. The quantitative estimate of drug-likeness (QED) is 0.349. The van der Waals surface area contributed by atoms with Crippen molar-refractivity contribution in [3.05, 3.63) is 51.7 Å². The number of hydrogen-bond donors (Lipinski definition) is 2. The van der Waals surface area contributed by atoms with Crippen molar-refractivity contribution in [3.8, 4) is 0 Å². The first-order valence-corrected chi connectivity index (χ1v) is 8.19. The molecule has 1 heterocycles. The fourth-order valence-corrected chi connectivity index (χ4v) is 3.04. The number of nitrogens with one attached hydrogen (secondary N) is 1. The predicted octanol–water partition coefficient (Wildman–Crippen LogP) is 2.06. The van der Waals surface area contributed by atoms with Gasteiger partial charge in [0.15, 0.2) is 5.17 Å². The van der Waals surface area contributed by atoms with Gasteiger partial charge in [0, 0.05) is 29.7 Å². The number of aliphatic hydroxyl groups is 1. The van der Waals surface area contributed by atoms with Crippen LogP contribution in [0.3, 0.4) is 0 Å². The third-order valence-corrected chi connectivity index (χ3v) is 4.30. The van der Waals surface area contributed by atoms with Crippen LogP contribution in [0.25, 0.3) is 0 Å². The number of aliphatic hydroxyl groups excluding tert-OH is 1. The van der Waals surface area contributed by atoms with Crippen LogP contribution in [0.15, 0.2) is 36.0 Å². The summed E-state index contributed by atoms with van der Waals surface area (Å²) in [5.41, 5.74) is 1.03. The number of non-ortho nitro benzene ring substituents is 1. The van der Waals surface area contributed by atoms with Gasteiger partial charge < -0.3 is 14.7 Å². The predicted molar refractivity (Wildman–Crippen MR) is 89.7 cm³/mol. The summed E-state index contributed by atoms with van der Waals surface area (Å²) in [7, 11) is 0. The molecule has 1 fully saturated rings. The Balaban J connectivity index is 2.10. The minimum Gasteiger partial charge on any atom is -0.463 e. The van der Waals surface area contributed by atoms with E-state index in [0.717, 1.165) is 0 Å². The smallest absolute Gasteiger partial charge is 0.332 e. The Morgan fingerprint density at radius 2 is 2.21 bits per heavy atom. The number of β-amino-alcohol motifs (C(OH)–C–C–N with tert-alkyl or cyclic N) is 1. The van der Waals surface area contributed by atoms with Gasteiger partial charge >= 0.3 is 5.97 Å². The van der Waals surface area contributed by atoms with E-state index in [9.17, 15) is 20.0 Å². The first-order chi connectivity index (χ1) is 11.4. The number of nitro benzene ring substituents is 1. The number of nitro groups is 1. The highest BCUT2D eigenvalue weighted by Gasteiger charge is 2.27. The summed E-state index contributed by atoms with van der Waals surface area (Å²) >= 11 is 1.25. The Bertz CT molecular complexity index is 674. The van der Waals surface area contributed by atoms with Crippen molar-refractivity contribution in [2.45, 2.75) is 13.0 Å². The maximum Gasteiger partial charge on any atom is 0.332 e. The van der Waals surface area contributed by atoms with Gasteiger partial charge in [-0.1, -0.05) is 11.8 Å². The van der Waals surface area contributed by atoms with Crippen molar-refractivity contribution in [3.63, 3.8) is 0 Å². The molecule has 0 aliphatic carbocycles. The molecule has 1 saturated heterocycles. The molecule has 24 heavy (non-hydrogen) atoms. The van der Waals surface area contributed by atoms with Gasteiger partial charge in [0.2, 0.25) is 0 Å². The monoisotopic (exact) mass is 351 g/mol. The summed E-state index contributed by atoms with van der Waals surface area (Å²) in [6.45, 7) is 2.05. The van der Waals surface area contributed by atoms with Gasteiger partial charge in [-0.3, -0.25) is 15.5 Å². The molecule has 1 aromatic carbocycles. The summed E-state index contributed by atoms with van der Waals surface area (Å²) in [6, 6.07) is 5.59. The van der Waals surface area contributed by atoms with Crippen LogP contribution >= 0.6 is 11.8 Å². The van der Waals surface area contributed by atoms with Gasteiger partial charge in [0.05, 0.1) is 24.2 Å². The Hall–Kier alpha value is -2.39. The Morgan fingerprint density at radius 1 is 1.54 bits per heavy atom. The zero-order chi connectivity index (χ0) is 17.7. The minimum atomic E-state index is -0.949. The maximum atomic E-state index is 11.6. The fraction of sp³-hybridized carbons (Fsp3) is 0.333. The van der Waals surface area contributed by atoms with Crippen molar-refractivity contribution in [2.24, 2.45) is 0 Å². The lowest BCUT2D eigenvalue weighted by Crippen LogP contribution is -2.28. The van der Waals surface area contributed by atoms with E-state index in [4.69, 9.17) is 10.1 Å². The van der Waals surface area contributed by atoms with Gasteiger partial charge in [-0.05, 0) is 24.6 Å². The molecule has 2 rings (SSSR count). The standard InChI is InChI=1S/C15H17N3O5S/c1-2-23-14(20)7-12-9-24-15(16)17(12)8-13(19)10-3-5-11(6-4-10)18(21)22/h3-7,13,16,19H,2,8-9H2,1H3/b12-7+,16-15?. The summed E-state index contributed by atoms with van der Waals surface area (Å²) in [5, 5.41) is 29.1. The largest absolute Gasteiger partial charge is 0.463 e. The topological polar surface area (TPSA) is 117 Å². The van der Waals surface area contributed by atoms with E-state index in [2.05, 4.69) is 0 Å². The van der Waals surface area contributed by atoms with Crippen molar-refractivity contribution in [1.82, 2.24) is 4.90 Å². The van der Waals surface area contributed by atoms with E-state index < -0.39 is 17.0 Å². The number of nitrogens with zero attached hydrogens (tertiary/aromatic N) is 2. The molecule has 0 radical (unpaired) electrons. The average molecular weight is 351 g/mol.